The summed E-state index contributed by atoms with van der Waals surface area (Å²) in [5, 5.41) is 7.60. The van der Waals surface area contributed by atoms with Crippen molar-refractivity contribution in [3.05, 3.63) is 12.4 Å². The SMILES string of the molecule is CC1CCC(Nc2cnn(CC(N)=O)c2)CC1C. The van der Waals surface area contributed by atoms with Gasteiger partial charge in [-0.25, -0.2) is 0 Å². The number of amides is 1. The van der Waals surface area contributed by atoms with Crippen molar-refractivity contribution in [2.24, 2.45) is 17.6 Å². The van der Waals surface area contributed by atoms with E-state index in [2.05, 4.69) is 24.3 Å². The van der Waals surface area contributed by atoms with Gasteiger partial charge in [0, 0.05) is 12.2 Å². The summed E-state index contributed by atoms with van der Waals surface area (Å²) in [6.45, 7) is 4.78. The summed E-state index contributed by atoms with van der Waals surface area (Å²) in [6, 6.07) is 0.516. The van der Waals surface area contributed by atoms with Crippen LogP contribution in [0.1, 0.15) is 33.1 Å². The van der Waals surface area contributed by atoms with Gasteiger partial charge in [0.25, 0.3) is 0 Å². The molecular weight excluding hydrogens is 228 g/mol. The predicted molar refractivity (Wildman–Crippen MR) is 71.0 cm³/mol. The van der Waals surface area contributed by atoms with Crippen molar-refractivity contribution in [3.63, 3.8) is 0 Å². The van der Waals surface area contributed by atoms with Gasteiger partial charge in [-0.2, -0.15) is 5.10 Å². The number of anilines is 1. The molecule has 18 heavy (non-hydrogen) atoms. The first-order chi connectivity index (χ1) is 8.54. The second kappa shape index (κ2) is 5.42. The number of rotatable bonds is 4. The van der Waals surface area contributed by atoms with Crippen LogP contribution in [-0.2, 0) is 11.3 Å². The van der Waals surface area contributed by atoms with Crippen molar-refractivity contribution in [3.8, 4) is 0 Å². The minimum absolute atomic E-state index is 0.139. The van der Waals surface area contributed by atoms with Crippen LogP contribution in [0.15, 0.2) is 12.4 Å². The van der Waals surface area contributed by atoms with Crippen LogP contribution in [0.25, 0.3) is 0 Å². The number of hydrogen-bond donors (Lipinski definition) is 2. The van der Waals surface area contributed by atoms with Gasteiger partial charge in [-0.3, -0.25) is 9.48 Å². The highest BCUT2D eigenvalue weighted by Gasteiger charge is 2.24. The monoisotopic (exact) mass is 250 g/mol. The first-order valence-corrected chi connectivity index (χ1v) is 6.62. The number of carbonyl (C=O) groups is 1. The minimum Gasteiger partial charge on any atom is -0.380 e. The molecule has 5 nitrogen and oxygen atoms in total. The fourth-order valence-corrected chi connectivity index (χ4v) is 2.60. The van der Waals surface area contributed by atoms with Gasteiger partial charge in [-0.15, -0.1) is 0 Å². The maximum absolute atomic E-state index is 10.8. The number of nitrogens with two attached hydrogens (primary N) is 1. The lowest BCUT2D eigenvalue weighted by Gasteiger charge is -2.32. The molecule has 0 bridgehead atoms. The third-order valence-electron chi connectivity index (χ3n) is 3.92. The molecule has 0 aliphatic heterocycles. The molecule has 3 N–H and O–H groups in total. The Labute approximate surface area is 108 Å². The maximum atomic E-state index is 10.8. The van der Waals surface area contributed by atoms with E-state index in [4.69, 9.17) is 5.73 Å². The lowest BCUT2D eigenvalue weighted by atomic mass is 9.79. The number of nitrogens with one attached hydrogen (secondary N) is 1. The second-order valence-electron chi connectivity index (χ2n) is 5.50. The molecule has 5 heteroatoms. The third-order valence-corrected chi connectivity index (χ3v) is 3.92. The molecule has 1 aliphatic rings. The summed E-state index contributed by atoms with van der Waals surface area (Å²) in [6.07, 6.45) is 7.27. The molecule has 1 heterocycles. The van der Waals surface area contributed by atoms with E-state index in [1.54, 1.807) is 10.9 Å². The van der Waals surface area contributed by atoms with Crippen molar-refractivity contribution >= 4 is 11.6 Å². The summed E-state index contributed by atoms with van der Waals surface area (Å²) >= 11 is 0. The average Bonchev–Trinajstić information content (AvgIpc) is 2.70. The van der Waals surface area contributed by atoms with E-state index < -0.39 is 0 Å². The van der Waals surface area contributed by atoms with E-state index in [-0.39, 0.29) is 12.5 Å². The Morgan fingerprint density at radius 1 is 1.50 bits per heavy atom. The van der Waals surface area contributed by atoms with E-state index in [1.807, 2.05) is 6.20 Å². The van der Waals surface area contributed by atoms with Gasteiger partial charge in [-0.05, 0) is 31.1 Å². The summed E-state index contributed by atoms with van der Waals surface area (Å²) in [7, 11) is 0. The highest BCUT2D eigenvalue weighted by molar-refractivity contribution is 5.73. The van der Waals surface area contributed by atoms with Crippen molar-refractivity contribution < 1.29 is 4.79 Å². The maximum Gasteiger partial charge on any atom is 0.239 e. The Morgan fingerprint density at radius 2 is 2.28 bits per heavy atom. The fourth-order valence-electron chi connectivity index (χ4n) is 2.60. The Hall–Kier alpha value is -1.52. The molecule has 0 spiro atoms. The molecule has 0 radical (unpaired) electrons. The molecule has 1 aliphatic carbocycles. The van der Waals surface area contributed by atoms with E-state index in [0.29, 0.717) is 6.04 Å². The Balaban J connectivity index is 1.89. The summed E-state index contributed by atoms with van der Waals surface area (Å²) < 4.78 is 1.57. The summed E-state index contributed by atoms with van der Waals surface area (Å²) in [4.78, 5) is 10.8. The summed E-state index contributed by atoms with van der Waals surface area (Å²) in [5.41, 5.74) is 6.11. The van der Waals surface area contributed by atoms with Gasteiger partial charge in [-0.1, -0.05) is 13.8 Å². The van der Waals surface area contributed by atoms with Gasteiger partial charge in [0.1, 0.15) is 6.54 Å². The molecule has 1 saturated carbocycles. The molecule has 1 fully saturated rings. The molecule has 2 rings (SSSR count). The summed E-state index contributed by atoms with van der Waals surface area (Å²) in [5.74, 6) is 1.21. The minimum atomic E-state index is -0.371. The molecular formula is C13H22N4O. The van der Waals surface area contributed by atoms with E-state index in [0.717, 1.165) is 17.5 Å². The van der Waals surface area contributed by atoms with Crippen molar-refractivity contribution in [2.45, 2.75) is 45.7 Å². The van der Waals surface area contributed by atoms with Crippen molar-refractivity contribution in [1.82, 2.24) is 9.78 Å². The van der Waals surface area contributed by atoms with E-state index in [9.17, 15) is 4.79 Å². The van der Waals surface area contributed by atoms with E-state index >= 15 is 0 Å². The molecule has 3 atom stereocenters. The number of aromatic nitrogens is 2. The zero-order chi connectivity index (χ0) is 13.1. The highest BCUT2D eigenvalue weighted by Crippen LogP contribution is 2.30. The fraction of sp³-hybridized carbons (Fsp3) is 0.692. The van der Waals surface area contributed by atoms with E-state index in [1.165, 1.54) is 19.3 Å². The van der Waals surface area contributed by atoms with Crippen LogP contribution in [0.4, 0.5) is 5.69 Å². The second-order valence-corrected chi connectivity index (χ2v) is 5.50. The molecule has 1 amide bonds. The Bertz CT molecular complexity index is 415. The number of carbonyl (C=O) groups excluding carboxylic acids is 1. The first kappa shape index (κ1) is 12.9. The largest absolute Gasteiger partial charge is 0.380 e. The van der Waals surface area contributed by atoms with Crippen LogP contribution >= 0.6 is 0 Å². The molecule has 1 aromatic rings. The quantitative estimate of drug-likeness (QED) is 0.852. The predicted octanol–water partition coefficient (Wildman–Crippen LogP) is 1.60. The normalized spacial score (nSPS) is 28.0. The van der Waals surface area contributed by atoms with Crippen molar-refractivity contribution in [2.75, 3.05) is 5.32 Å². The van der Waals surface area contributed by atoms with Crippen LogP contribution in [0, 0.1) is 11.8 Å². The Morgan fingerprint density at radius 3 is 2.94 bits per heavy atom. The average molecular weight is 250 g/mol. The van der Waals surface area contributed by atoms with Gasteiger partial charge < -0.3 is 11.1 Å². The lowest BCUT2D eigenvalue weighted by molar-refractivity contribution is -0.118. The topological polar surface area (TPSA) is 72.9 Å². The van der Waals surface area contributed by atoms with Crippen molar-refractivity contribution in [1.29, 1.82) is 0 Å². The van der Waals surface area contributed by atoms with Gasteiger partial charge in [0.15, 0.2) is 0 Å². The smallest absolute Gasteiger partial charge is 0.239 e. The Kier molecular flexibility index (Phi) is 3.89. The van der Waals surface area contributed by atoms with Crippen LogP contribution in [0.5, 0.6) is 0 Å². The number of hydrogen-bond acceptors (Lipinski definition) is 3. The lowest BCUT2D eigenvalue weighted by Crippen LogP contribution is -2.30. The number of nitrogens with zero attached hydrogens (tertiary/aromatic N) is 2. The molecule has 100 valence electrons. The first-order valence-electron chi connectivity index (χ1n) is 6.62. The standard InChI is InChI=1S/C13H22N4O/c1-9-3-4-11(5-10(9)2)16-12-6-15-17(7-12)8-13(14)18/h6-7,9-11,16H,3-5,8H2,1-2H3,(H2,14,18). The third kappa shape index (κ3) is 3.24. The zero-order valence-corrected chi connectivity index (χ0v) is 11.1. The van der Waals surface area contributed by atoms with Gasteiger partial charge >= 0.3 is 0 Å². The van der Waals surface area contributed by atoms with Crippen LogP contribution in [-0.4, -0.2) is 21.7 Å². The van der Waals surface area contributed by atoms with Crippen LogP contribution < -0.4 is 11.1 Å². The number of primary amides is 1. The molecule has 1 aromatic heterocycles. The van der Waals surface area contributed by atoms with Crippen LogP contribution in [0.2, 0.25) is 0 Å². The zero-order valence-electron chi connectivity index (χ0n) is 11.1. The molecule has 0 aromatic carbocycles. The highest BCUT2D eigenvalue weighted by atomic mass is 16.1. The van der Waals surface area contributed by atoms with Gasteiger partial charge in [0.05, 0.1) is 11.9 Å². The molecule has 0 saturated heterocycles. The molecule has 3 unspecified atom stereocenters. The van der Waals surface area contributed by atoms with Gasteiger partial charge in [0.2, 0.25) is 5.91 Å². The van der Waals surface area contributed by atoms with Crippen LogP contribution in [0.3, 0.4) is 0 Å².